The minimum absolute atomic E-state index is 0.152. The average Bonchev–Trinajstić information content (AvgIpc) is 3.09. The van der Waals surface area contributed by atoms with Crippen LogP contribution >= 0.6 is 0 Å². The van der Waals surface area contributed by atoms with Crippen molar-refractivity contribution in [3.8, 4) is 17.2 Å². The van der Waals surface area contributed by atoms with Gasteiger partial charge in [-0.05, 0) is 23.8 Å². The summed E-state index contributed by atoms with van der Waals surface area (Å²) in [7, 11) is 0. The van der Waals surface area contributed by atoms with Crippen molar-refractivity contribution in [1.29, 1.82) is 5.26 Å². The zero-order chi connectivity index (χ0) is 21.6. The molecule has 2 saturated heterocycles. The van der Waals surface area contributed by atoms with E-state index >= 15 is 0 Å². The van der Waals surface area contributed by atoms with Gasteiger partial charge in [0.05, 0.1) is 24.9 Å². The van der Waals surface area contributed by atoms with Crippen LogP contribution in [0.4, 0.5) is 10.5 Å². The summed E-state index contributed by atoms with van der Waals surface area (Å²) in [6, 6.07) is 14.1. The number of hydrogen-bond donors (Lipinski definition) is 2. The molecule has 2 amide bonds. The molecular weight excluding hydrogens is 394 g/mol. The fourth-order valence-electron chi connectivity index (χ4n) is 4.88. The molecule has 4 atom stereocenters. The van der Waals surface area contributed by atoms with Crippen LogP contribution in [-0.2, 0) is 14.9 Å². The normalized spacial score (nSPS) is 28.6. The van der Waals surface area contributed by atoms with Crippen molar-refractivity contribution < 1.29 is 14.3 Å². The summed E-state index contributed by atoms with van der Waals surface area (Å²) in [4.78, 5) is 29.4. The van der Waals surface area contributed by atoms with Crippen LogP contribution in [0.2, 0.25) is 0 Å². The lowest BCUT2D eigenvalue weighted by Gasteiger charge is -2.15. The third kappa shape index (κ3) is 3.22. The van der Waals surface area contributed by atoms with Crippen LogP contribution in [0.3, 0.4) is 0 Å². The fraction of sp³-hybridized carbons (Fsp3) is 0.391. The number of piperidine rings is 1. The molecule has 3 fully saturated rings. The van der Waals surface area contributed by atoms with Gasteiger partial charge in [-0.25, -0.2) is 4.79 Å². The Morgan fingerprint density at radius 2 is 1.97 bits per heavy atom. The second kappa shape index (κ2) is 7.36. The zero-order valence-corrected chi connectivity index (χ0v) is 17.2. The van der Waals surface area contributed by atoms with Gasteiger partial charge in [0.1, 0.15) is 11.5 Å². The molecule has 0 unspecified atom stereocenters. The number of carbonyl (C=O) groups excluding carboxylic acids is 2. The van der Waals surface area contributed by atoms with Crippen LogP contribution in [0.5, 0.6) is 0 Å². The molecule has 31 heavy (non-hydrogen) atoms. The van der Waals surface area contributed by atoms with Gasteiger partial charge >= 0.3 is 6.09 Å². The summed E-state index contributed by atoms with van der Waals surface area (Å²) in [5.74, 6) is 0.579. The molecule has 1 aromatic heterocycles. The molecule has 1 aromatic carbocycles. The number of rotatable bonds is 5. The first-order valence-electron chi connectivity index (χ1n) is 10.4. The summed E-state index contributed by atoms with van der Waals surface area (Å²) >= 11 is 0. The van der Waals surface area contributed by atoms with Crippen molar-refractivity contribution in [1.82, 2.24) is 15.6 Å². The highest BCUT2D eigenvalue weighted by Crippen LogP contribution is 2.60. The van der Waals surface area contributed by atoms with E-state index in [1.165, 1.54) is 6.92 Å². The summed E-state index contributed by atoms with van der Waals surface area (Å²) in [6.45, 7) is 3.89. The van der Waals surface area contributed by atoms with Gasteiger partial charge in [-0.15, -0.1) is 0 Å². The van der Waals surface area contributed by atoms with Gasteiger partial charge in [0.2, 0.25) is 5.91 Å². The van der Waals surface area contributed by atoms with Crippen molar-refractivity contribution in [3.05, 3.63) is 48.3 Å². The van der Waals surface area contributed by atoms with Crippen molar-refractivity contribution >= 4 is 17.7 Å². The second-order valence-electron chi connectivity index (χ2n) is 8.38. The molecule has 2 aliphatic heterocycles. The van der Waals surface area contributed by atoms with Gasteiger partial charge in [0.25, 0.3) is 0 Å². The SMILES string of the molecule is CC(=O)NC[C@H]1CN(c2ccc(-c3ccc([C@@]4(C#N)[C@@H]5CNC[C@@H]54)nc3)cc2)C(=O)O1. The molecule has 3 aliphatic rings. The standard InChI is InChI=1S/C23H23N5O3/c1-14(29)26-9-18-12-28(22(30)31-18)17-5-2-15(3-6-17)16-4-7-21(27-8-16)23(13-24)19-10-25-11-20(19)23/h2-8,18-20,25H,9-12H2,1H3,(H,26,29)/t18-,19-,20+,23+/m0/s1. The van der Waals surface area contributed by atoms with E-state index in [9.17, 15) is 14.9 Å². The summed E-state index contributed by atoms with van der Waals surface area (Å²) < 4.78 is 5.32. The number of carbonyl (C=O) groups is 2. The molecule has 5 rings (SSSR count). The van der Waals surface area contributed by atoms with E-state index in [-0.39, 0.29) is 12.0 Å². The molecule has 0 bridgehead atoms. The molecular formula is C23H23N5O3. The van der Waals surface area contributed by atoms with Gasteiger partial charge in [-0.1, -0.05) is 18.2 Å². The summed E-state index contributed by atoms with van der Waals surface area (Å²) in [6.07, 6.45) is 1.04. The minimum Gasteiger partial charge on any atom is -0.442 e. The topological polar surface area (TPSA) is 107 Å². The molecule has 2 aromatic rings. The van der Waals surface area contributed by atoms with Crippen LogP contribution in [0.25, 0.3) is 11.1 Å². The number of pyridine rings is 1. The molecule has 1 aliphatic carbocycles. The quantitative estimate of drug-likeness (QED) is 0.769. The van der Waals surface area contributed by atoms with Crippen molar-refractivity contribution in [2.75, 3.05) is 31.1 Å². The Bertz CT molecular complexity index is 1050. The van der Waals surface area contributed by atoms with Gasteiger partial charge in [0.15, 0.2) is 0 Å². The smallest absolute Gasteiger partial charge is 0.414 e. The van der Waals surface area contributed by atoms with Crippen LogP contribution < -0.4 is 15.5 Å². The maximum atomic E-state index is 12.2. The Kier molecular flexibility index (Phi) is 4.63. The number of amides is 2. The predicted octanol–water partition coefficient (Wildman–Crippen LogP) is 1.82. The number of anilines is 1. The highest BCUT2D eigenvalue weighted by atomic mass is 16.6. The number of nitrogens with zero attached hydrogens (tertiary/aromatic N) is 3. The Hall–Kier alpha value is -3.44. The number of ether oxygens (including phenoxy) is 1. The van der Waals surface area contributed by atoms with E-state index < -0.39 is 11.5 Å². The highest BCUT2D eigenvalue weighted by molar-refractivity contribution is 5.90. The van der Waals surface area contributed by atoms with E-state index in [0.29, 0.717) is 24.9 Å². The molecule has 3 heterocycles. The molecule has 158 valence electrons. The van der Waals surface area contributed by atoms with Crippen molar-refractivity contribution in [3.63, 3.8) is 0 Å². The highest BCUT2D eigenvalue weighted by Gasteiger charge is 2.69. The minimum atomic E-state index is -0.433. The number of benzene rings is 1. The zero-order valence-electron chi connectivity index (χ0n) is 17.2. The number of fused-ring (bicyclic) bond motifs is 1. The molecule has 0 radical (unpaired) electrons. The first-order valence-corrected chi connectivity index (χ1v) is 10.4. The van der Waals surface area contributed by atoms with E-state index in [1.807, 2.05) is 42.6 Å². The summed E-state index contributed by atoms with van der Waals surface area (Å²) in [5, 5.41) is 15.8. The second-order valence-corrected chi connectivity index (χ2v) is 8.38. The Balaban J connectivity index is 1.28. The maximum absolute atomic E-state index is 12.2. The first-order chi connectivity index (χ1) is 15.0. The van der Waals surface area contributed by atoms with Gasteiger partial charge < -0.3 is 15.4 Å². The Morgan fingerprint density at radius 1 is 1.26 bits per heavy atom. The van der Waals surface area contributed by atoms with Gasteiger partial charge in [-0.2, -0.15) is 5.26 Å². The monoisotopic (exact) mass is 417 g/mol. The third-order valence-corrected chi connectivity index (χ3v) is 6.61. The molecule has 8 heteroatoms. The lowest BCUT2D eigenvalue weighted by molar-refractivity contribution is -0.119. The van der Waals surface area contributed by atoms with Crippen LogP contribution in [0.15, 0.2) is 42.6 Å². The lowest BCUT2D eigenvalue weighted by Crippen LogP contribution is -2.33. The van der Waals surface area contributed by atoms with Crippen LogP contribution in [0, 0.1) is 23.2 Å². The summed E-state index contributed by atoms with van der Waals surface area (Å²) in [5.41, 5.74) is 3.10. The number of hydrogen-bond acceptors (Lipinski definition) is 6. The first kappa shape index (κ1) is 19.5. The number of cyclic esters (lactones) is 1. The van der Waals surface area contributed by atoms with Crippen LogP contribution in [0.1, 0.15) is 12.6 Å². The van der Waals surface area contributed by atoms with Crippen molar-refractivity contribution in [2.24, 2.45) is 11.8 Å². The van der Waals surface area contributed by atoms with Crippen molar-refractivity contribution in [2.45, 2.75) is 18.4 Å². The van der Waals surface area contributed by atoms with E-state index in [4.69, 9.17) is 4.74 Å². The largest absolute Gasteiger partial charge is 0.442 e. The van der Waals surface area contributed by atoms with E-state index in [1.54, 1.807) is 4.90 Å². The molecule has 1 saturated carbocycles. The molecule has 2 N–H and O–H groups in total. The van der Waals surface area contributed by atoms with Gasteiger partial charge in [-0.3, -0.25) is 14.7 Å². The molecule has 8 nitrogen and oxygen atoms in total. The fourth-order valence-corrected chi connectivity index (χ4v) is 4.88. The van der Waals surface area contributed by atoms with E-state index in [2.05, 4.69) is 21.7 Å². The third-order valence-electron chi connectivity index (χ3n) is 6.61. The van der Waals surface area contributed by atoms with Crippen LogP contribution in [-0.4, -0.2) is 49.3 Å². The number of nitrogens with one attached hydrogen (secondary N) is 2. The van der Waals surface area contributed by atoms with E-state index in [0.717, 1.165) is 35.6 Å². The maximum Gasteiger partial charge on any atom is 0.414 e. The number of nitriles is 1. The number of aromatic nitrogens is 1. The Labute approximate surface area is 180 Å². The Morgan fingerprint density at radius 3 is 2.58 bits per heavy atom. The predicted molar refractivity (Wildman–Crippen MR) is 113 cm³/mol. The average molecular weight is 417 g/mol. The van der Waals surface area contributed by atoms with Gasteiger partial charge in [0, 0.05) is 49.3 Å². The lowest BCUT2D eigenvalue weighted by atomic mass is 9.96. The molecule has 0 spiro atoms.